The molecule has 16 rings (SSSR count). The van der Waals surface area contributed by atoms with Crippen molar-refractivity contribution in [1.29, 1.82) is 0 Å². The molecule has 0 spiro atoms. The molecule has 0 radical (unpaired) electrons. The molecule has 0 amide bonds. The van der Waals surface area contributed by atoms with Gasteiger partial charge in [-0.25, -0.2) is 19.9 Å². The van der Waals surface area contributed by atoms with Crippen molar-refractivity contribution in [3.05, 3.63) is 279 Å². The van der Waals surface area contributed by atoms with Crippen molar-refractivity contribution in [2.75, 3.05) is 33.7 Å². The van der Waals surface area contributed by atoms with Crippen LogP contribution in [-0.4, -0.2) is 44.2 Å². The topological polar surface area (TPSA) is 131 Å². The van der Waals surface area contributed by atoms with Gasteiger partial charge in [0.25, 0.3) is 0 Å². The Morgan fingerprint density at radius 3 is 1.06 bits per heavy atom. The monoisotopic (exact) mass is 1710 g/mol. The van der Waals surface area contributed by atoms with Gasteiger partial charge in [0, 0.05) is 68.3 Å². The molecule has 520 valence electrons. The van der Waals surface area contributed by atoms with E-state index < -0.39 is 0 Å². The molecule has 0 saturated heterocycles. The van der Waals surface area contributed by atoms with E-state index in [1.165, 1.54) is 22.3 Å². The number of hydrogen-bond donors (Lipinski definition) is 2. The van der Waals surface area contributed by atoms with Gasteiger partial charge in [-0.3, -0.25) is 0 Å². The first-order chi connectivity index (χ1) is 47.7. The second-order valence-corrected chi connectivity index (χ2v) is 29.7. The summed E-state index contributed by atoms with van der Waals surface area (Å²) in [4.78, 5) is 26.4. The van der Waals surface area contributed by atoms with Crippen LogP contribution in [0.1, 0.15) is 105 Å². The molecule has 0 unspecified atom stereocenters. The summed E-state index contributed by atoms with van der Waals surface area (Å²) in [5, 5.41) is 23.7. The Hall–Kier alpha value is -9.86. The third-order valence-electron chi connectivity index (χ3n) is 18.2. The average molecular weight is 1710 g/mol. The molecule has 0 aliphatic carbocycles. The summed E-state index contributed by atoms with van der Waals surface area (Å²) in [6.45, 7) is 30.7. The Morgan fingerprint density at radius 2 is 0.716 bits per heavy atom. The maximum absolute atomic E-state index is 9.62. The Balaban J connectivity index is 0.000000138. The fourth-order valence-corrected chi connectivity index (χ4v) is 12.6. The minimum absolute atomic E-state index is 0. The number of furan rings is 2. The first-order valence-electron chi connectivity index (χ1n) is 33.9. The standard InChI is InChI=1S/2C25H17N3O.2C19H25NO.2Pt/c2*1-27-16-28(18-8-3-2-4-9-18)25-21(27)14-17(15-26-25)19-11-7-13-23-24(19)20-10-5-6-12-22(20)29-23;2*1-18(2,3)14-10-13(11-15(12-14)19(4,5)6)16-8-7-9-17(21)20-16;;/h2*2-8,10-16H,1H3;2*7-12H,1-6H3,(H,20,21);;/q2*-2;;;2*+2. The summed E-state index contributed by atoms with van der Waals surface area (Å²) in [5.41, 5.74) is 21.2. The first kappa shape index (κ1) is 73.4. The van der Waals surface area contributed by atoms with E-state index in [2.05, 4.69) is 198 Å². The zero-order valence-electron chi connectivity index (χ0n) is 60.0. The molecule has 0 bridgehead atoms. The molecule has 14 heteroatoms. The molecule has 12 nitrogen and oxygen atoms in total. The molecular formula is C88H84N8O4Pt2. The molecule has 2 N–H and O–H groups in total. The largest absolute Gasteiger partial charge is 2.00 e. The molecule has 0 fully saturated rings. The van der Waals surface area contributed by atoms with Crippen LogP contribution in [0.2, 0.25) is 0 Å². The summed E-state index contributed by atoms with van der Waals surface area (Å²) in [5.74, 6) is 1.93. The molecule has 6 aromatic heterocycles. The van der Waals surface area contributed by atoms with Crippen LogP contribution in [0.15, 0.2) is 240 Å². The smallest absolute Gasteiger partial charge is 0.502 e. The van der Waals surface area contributed by atoms with Gasteiger partial charge >= 0.3 is 42.1 Å². The molecule has 14 aromatic rings. The SMILES string of the molecule is CC(C)(C)c1cc(-c2cccc(O)n2)cc(C(C)(C)C)c1.CC(C)(C)c1cc(-c2cccc(O)n2)cc(C(C)(C)C)c1.CN1[CH-]N(c2[c-]cccc2)c2ncc(-c3cccc4oc5ccccc5c34)cc21.CN1[CH-]N(c2[c-]cccc2)c2ncc(-c3cccc4oc5ccccc5c34)cc21.[Pt+2].[Pt+2]. The second-order valence-electron chi connectivity index (χ2n) is 29.7. The van der Waals surface area contributed by atoms with Crippen molar-refractivity contribution in [3.63, 3.8) is 0 Å². The summed E-state index contributed by atoms with van der Waals surface area (Å²) in [6, 6.07) is 79.5. The maximum atomic E-state index is 9.62. The minimum Gasteiger partial charge on any atom is -0.502 e. The summed E-state index contributed by atoms with van der Waals surface area (Å²) < 4.78 is 12.1. The predicted molar refractivity (Wildman–Crippen MR) is 412 cm³/mol. The Labute approximate surface area is 628 Å². The van der Waals surface area contributed by atoms with Gasteiger partial charge < -0.3 is 38.6 Å². The number of benzene rings is 8. The van der Waals surface area contributed by atoms with Crippen LogP contribution in [0.5, 0.6) is 11.8 Å². The van der Waals surface area contributed by atoms with Crippen molar-refractivity contribution >= 4 is 78.3 Å². The van der Waals surface area contributed by atoms with E-state index in [1.807, 2.05) is 173 Å². The van der Waals surface area contributed by atoms with E-state index in [9.17, 15) is 10.2 Å². The van der Waals surface area contributed by atoms with Gasteiger partial charge in [-0.05, 0) is 142 Å². The average Bonchev–Trinajstić information content (AvgIpc) is 1.58. The quantitative estimate of drug-likeness (QED) is 0.154. The maximum Gasteiger partial charge on any atom is 2.00 e. The fourth-order valence-electron chi connectivity index (χ4n) is 12.6. The number of aromatic hydroxyl groups is 2. The van der Waals surface area contributed by atoms with Crippen LogP contribution >= 0.6 is 0 Å². The number of aromatic nitrogens is 4. The van der Waals surface area contributed by atoms with E-state index in [1.54, 1.807) is 12.1 Å². The minimum atomic E-state index is 0. The molecule has 8 heterocycles. The molecule has 8 aromatic carbocycles. The zero-order valence-corrected chi connectivity index (χ0v) is 64.6. The number of pyridine rings is 4. The van der Waals surface area contributed by atoms with Gasteiger partial charge in [0.15, 0.2) is 0 Å². The van der Waals surface area contributed by atoms with E-state index >= 15 is 0 Å². The fraction of sp³-hybridized carbons (Fsp3) is 0.205. The van der Waals surface area contributed by atoms with Gasteiger partial charge in [0.1, 0.15) is 34.0 Å². The van der Waals surface area contributed by atoms with Crippen LogP contribution < -0.4 is 19.6 Å². The van der Waals surface area contributed by atoms with E-state index in [0.29, 0.717) is 0 Å². The Morgan fingerprint density at radius 1 is 0.373 bits per heavy atom. The number of para-hydroxylation sites is 4. The first-order valence-corrected chi connectivity index (χ1v) is 33.9. The third kappa shape index (κ3) is 15.6. The van der Waals surface area contributed by atoms with Crippen LogP contribution in [0, 0.1) is 25.5 Å². The summed E-state index contributed by atoms with van der Waals surface area (Å²) >= 11 is 0. The molecule has 0 saturated carbocycles. The zero-order chi connectivity index (χ0) is 70.4. The molecule has 102 heavy (non-hydrogen) atoms. The Bertz CT molecular complexity index is 4900. The molecular weight excluding hydrogens is 1620 g/mol. The van der Waals surface area contributed by atoms with Gasteiger partial charge in [-0.15, -0.1) is 11.4 Å². The molecule has 2 aliphatic rings. The third-order valence-corrected chi connectivity index (χ3v) is 18.2. The van der Waals surface area contributed by atoms with Crippen molar-refractivity contribution < 1.29 is 61.2 Å². The number of hydrogen-bond acceptors (Lipinski definition) is 12. The number of anilines is 6. The number of fused-ring (bicyclic) bond motifs is 8. The van der Waals surface area contributed by atoms with Crippen molar-refractivity contribution in [1.82, 2.24) is 19.9 Å². The predicted octanol–water partition coefficient (Wildman–Crippen LogP) is 22.4. The van der Waals surface area contributed by atoms with Crippen molar-refractivity contribution in [2.45, 2.75) is 105 Å². The van der Waals surface area contributed by atoms with Crippen molar-refractivity contribution in [3.8, 4) is 56.5 Å². The number of rotatable bonds is 6. The van der Waals surface area contributed by atoms with Crippen LogP contribution in [-0.2, 0) is 63.8 Å². The molecule has 0 atom stereocenters. The van der Waals surface area contributed by atoms with Crippen LogP contribution in [0.3, 0.4) is 0 Å². The van der Waals surface area contributed by atoms with Gasteiger partial charge in [0.2, 0.25) is 11.8 Å². The van der Waals surface area contributed by atoms with Crippen LogP contribution in [0.25, 0.3) is 88.6 Å². The van der Waals surface area contributed by atoms with E-state index in [4.69, 9.17) is 18.8 Å². The second kappa shape index (κ2) is 29.6. The van der Waals surface area contributed by atoms with Crippen LogP contribution in [0.4, 0.5) is 34.4 Å². The van der Waals surface area contributed by atoms with E-state index in [0.717, 1.165) is 123 Å². The summed E-state index contributed by atoms with van der Waals surface area (Å²) in [7, 11) is 4.09. The van der Waals surface area contributed by atoms with Gasteiger partial charge in [-0.2, -0.15) is 74.0 Å². The summed E-state index contributed by atoms with van der Waals surface area (Å²) in [6.07, 6.45) is 3.89. The number of nitrogens with zero attached hydrogens (tertiary/aromatic N) is 8. The Kier molecular flexibility index (Phi) is 21.3. The van der Waals surface area contributed by atoms with Gasteiger partial charge in [0.05, 0.1) is 22.8 Å². The van der Waals surface area contributed by atoms with E-state index in [-0.39, 0.29) is 75.6 Å². The van der Waals surface area contributed by atoms with Gasteiger partial charge in [-0.1, -0.05) is 168 Å². The molecule has 2 aliphatic heterocycles. The van der Waals surface area contributed by atoms with Crippen molar-refractivity contribution in [2.24, 2.45) is 0 Å². The normalized spacial score (nSPS) is 12.8.